The van der Waals surface area contributed by atoms with Crippen molar-refractivity contribution >= 4 is 23.6 Å². The number of carbonyl (C=O) groups is 2. The largest absolute Gasteiger partial charge is 0.465 e. The number of rotatable bonds is 14. The minimum absolute atomic E-state index is 0.0976. The lowest BCUT2D eigenvalue weighted by molar-refractivity contribution is -0.140. The van der Waals surface area contributed by atoms with Gasteiger partial charge in [0.15, 0.2) is 0 Å². The van der Waals surface area contributed by atoms with Crippen molar-refractivity contribution in [2.24, 2.45) is 0 Å². The standard InChI is InChI=1S/C19H35NO4S/c1-2-24-19(22)17-25-16-10-8-6-4-3-5-7-9-11-18(21)20-12-14-23-15-13-20/h2-17H2,1H3. The van der Waals surface area contributed by atoms with Gasteiger partial charge in [-0.1, -0.05) is 38.5 Å². The van der Waals surface area contributed by atoms with Gasteiger partial charge in [-0.25, -0.2) is 0 Å². The number of morpholine rings is 1. The van der Waals surface area contributed by atoms with Gasteiger partial charge in [0, 0.05) is 19.5 Å². The maximum Gasteiger partial charge on any atom is 0.315 e. The highest BCUT2D eigenvalue weighted by Gasteiger charge is 2.15. The predicted molar refractivity (Wildman–Crippen MR) is 103 cm³/mol. The second kappa shape index (κ2) is 15.5. The number of nitrogens with zero attached hydrogens (tertiary/aromatic N) is 1. The van der Waals surface area contributed by atoms with E-state index in [1.807, 2.05) is 11.8 Å². The van der Waals surface area contributed by atoms with Crippen LogP contribution in [0.3, 0.4) is 0 Å². The number of hydrogen-bond donors (Lipinski definition) is 0. The van der Waals surface area contributed by atoms with E-state index in [4.69, 9.17) is 9.47 Å². The van der Waals surface area contributed by atoms with Crippen LogP contribution in [0.4, 0.5) is 0 Å². The van der Waals surface area contributed by atoms with Gasteiger partial charge in [-0.2, -0.15) is 11.8 Å². The molecule has 0 spiro atoms. The fraction of sp³-hybridized carbons (Fsp3) is 0.895. The van der Waals surface area contributed by atoms with Crippen molar-refractivity contribution in [1.29, 1.82) is 0 Å². The molecule has 5 nitrogen and oxygen atoms in total. The highest BCUT2D eigenvalue weighted by atomic mass is 32.2. The van der Waals surface area contributed by atoms with Gasteiger partial charge in [0.05, 0.1) is 25.6 Å². The molecule has 0 bridgehead atoms. The van der Waals surface area contributed by atoms with Gasteiger partial charge >= 0.3 is 5.97 Å². The molecular formula is C19H35NO4S. The smallest absolute Gasteiger partial charge is 0.315 e. The molecular weight excluding hydrogens is 338 g/mol. The average molecular weight is 374 g/mol. The van der Waals surface area contributed by atoms with E-state index in [1.54, 1.807) is 11.8 Å². The third-order valence-electron chi connectivity index (χ3n) is 4.32. The number of esters is 1. The van der Waals surface area contributed by atoms with Crippen LogP contribution < -0.4 is 0 Å². The Morgan fingerprint density at radius 1 is 0.960 bits per heavy atom. The van der Waals surface area contributed by atoms with E-state index in [2.05, 4.69) is 0 Å². The van der Waals surface area contributed by atoms with Crippen molar-refractivity contribution in [2.75, 3.05) is 44.4 Å². The van der Waals surface area contributed by atoms with Gasteiger partial charge in [-0.3, -0.25) is 9.59 Å². The summed E-state index contributed by atoms with van der Waals surface area (Å²) in [4.78, 5) is 25.1. The Labute approximate surface area is 157 Å². The van der Waals surface area contributed by atoms with Crippen LogP contribution in [0, 0.1) is 0 Å². The van der Waals surface area contributed by atoms with E-state index >= 15 is 0 Å². The first-order chi connectivity index (χ1) is 12.2. The van der Waals surface area contributed by atoms with E-state index in [0.29, 0.717) is 37.9 Å². The van der Waals surface area contributed by atoms with Gasteiger partial charge in [-0.15, -0.1) is 0 Å². The summed E-state index contributed by atoms with van der Waals surface area (Å²) in [5, 5.41) is 0. The summed E-state index contributed by atoms with van der Waals surface area (Å²) in [7, 11) is 0. The Kier molecular flexibility index (Phi) is 13.8. The van der Waals surface area contributed by atoms with Gasteiger partial charge in [0.1, 0.15) is 0 Å². The van der Waals surface area contributed by atoms with Crippen LogP contribution in [-0.4, -0.2) is 61.2 Å². The first kappa shape index (κ1) is 22.3. The molecule has 0 atom stereocenters. The molecule has 1 heterocycles. The van der Waals surface area contributed by atoms with Gasteiger partial charge in [-0.05, 0) is 25.5 Å². The molecule has 0 aromatic heterocycles. The van der Waals surface area contributed by atoms with Crippen molar-refractivity contribution in [3.05, 3.63) is 0 Å². The lowest BCUT2D eigenvalue weighted by Crippen LogP contribution is -2.40. The van der Waals surface area contributed by atoms with Gasteiger partial charge in [0.25, 0.3) is 0 Å². The van der Waals surface area contributed by atoms with E-state index in [-0.39, 0.29) is 5.97 Å². The molecule has 1 rings (SSSR count). The van der Waals surface area contributed by atoms with Crippen molar-refractivity contribution < 1.29 is 19.1 Å². The molecule has 0 radical (unpaired) electrons. The summed E-state index contributed by atoms with van der Waals surface area (Å²) in [5.74, 6) is 1.72. The van der Waals surface area contributed by atoms with Crippen LogP contribution >= 0.6 is 11.8 Å². The van der Waals surface area contributed by atoms with Crippen molar-refractivity contribution in [3.63, 3.8) is 0 Å². The Morgan fingerprint density at radius 2 is 1.56 bits per heavy atom. The summed E-state index contributed by atoms with van der Waals surface area (Å²) < 4.78 is 10.2. The zero-order valence-corrected chi connectivity index (χ0v) is 16.6. The van der Waals surface area contributed by atoms with Crippen LogP contribution in [0.1, 0.15) is 64.7 Å². The van der Waals surface area contributed by atoms with Crippen LogP contribution in [-0.2, 0) is 19.1 Å². The summed E-state index contributed by atoms with van der Waals surface area (Å²) in [6.45, 7) is 5.21. The molecule has 0 aromatic rings. The number of hydrogen-bond acceptors (Lipinski definition) is 5. The molecule has 25 heavy (non-hydrogen) atoms. The summed E-state index contributed by atoms with van der Waals surface area (Å²) in [6.07, 6.45) is 10.3. The summed E-state index contributed by atoms with van der Waals surface area (Å²) in [5.41, 5.74) is 0. The first-order valence-electron chi connectivity index (χ1n) is 9.83. The minimum atomic E-state index is -0.0976. The number of ether oxygens (including phenoxy) is 2. The predicted octanol–water partition coefficient (Wildman–Crippen LogP) is 3.65. The summed E-state index contributed by atoms with van der Waals surface area (Å²) in [6, 6.07) is 0. The van der Waals surface area contributed by atoms with E-state index < -0.39 is 0 Å². The van der Waals surface area contributed by atoms with Crippen molar-refractivity contribution in [1.82, 2.24) is 4.90 Å². The fourth-order valence-electron chi connectivity index (χ4n) is 2.87. The Balaban J connectivity index is 1.78. The van der Waals surface area contributed by atoms with E-state index in [0.717, 1.165) is 31.7 Å². The molecule has 1 saturated heterocycles. The number of amides is 1. The molecule has 0 N–H and O–H groups in total. The lowest BCUT2D eigenvalue weighted by atomic mass is 10.1. The molecule has 0 aromatic carbocycles. The second-order valence-corrected chi connectivity index (χ2v) is 7.53. The molecule has 146 valence electrons. The van der Waals surface area contributed by atoms with Crippen molar-refractivity contribution in [3.8, 4) is 0 Å². The molecule has 1 fully saturated rings. The average Bonchev–Trinajstić information content (AvgIpc) is 2.63. The van der Waals surface area contributed by atoms with Crippen LogP contribution in [0.5, 0.6) is 0 Å². The van der Waals surface area contributed by atoms with Crippen LogP contribution in [0.25, 0.3) is 0 Å². The quantitative estimate of drug-likeness (QED) is 0.344. The first-order valence-corrected chi connectivity index (χ1v) is 11.0. The normalized spacial score (nSPS) is 14.5. The van der Waals surface area contributed by atoms with Gasteiger partial charge in [0.2, 0.25) is 5.91 Å². The highest BCUT2D eigenvalue weighted by Crippen LogP contribution is 2.13. The van der Waals surface area contributed by atoms with Crippen molar-refractivity contribution in [2.45, 2.75) is 64.7 Å². The molecule has 1 amide bonds. The minimum Gasteiger partial charge on any atom is -0.465 e. The maximum absolute atomic E-state index is 12.0. The number of unbranched alkanes of at least 4 members (excludes halogenated alkanes) is 7. The monoisotopic (exact) mass is 373 g/mol. The lowest BCUT2D eigenvalue weighted by Gasteiger charge is -2.26. The van der Waals surface area contributed by atoms with Gasteiger partial charge < -0.3 is 14.4 Å². The Morgan fingerprint density at radius 3 is 2.20 bits per heavy atom. The van der Waals surface area contributed by atoms with E-state index in [9.17, 15) is 9.59 Å². The third kappa shape index (κ3) is 12.3. The van der Waals surface area contributed by atoms with E-state index in [1.165, 1.54) is 38.5 Å². The van der Waals surface area contributed by atoms with Crippen LogP contribution in [0.15, 0.2) is 0 Å². The zero-order chi connectivity index (χ0) is 18.2. The van der Waals surface area contributed by atoms with Crippen LogP contribution in [0.2, 0.25) is 0 Å². The maximum atomic E-state index is 12.0. The molecule has 1 aliphatic rings. The topological polar surface area (TPSA) is 55.8 Å². The Bertz CT molecular complexity index is 359. The summed E-state index contributed by atoms with van der Waals surface area (Å²) >= 11 is 1.67. The molecule has 1 aliphatic heterocycles. The number of carbonyl (C=O) groups excluding carboxylic acids is 2. The molecule has 0 unspecified atom stereocenters. The fourth-order valence-corrected chi connectivity index (χ4v) is 3.67. The molecule has 0 saturated carbocycles. The molecule has 0 aliphatic carbocycles. The Hall–Kier alpha value is -0.750. The zero-order valence-electron chi connectivity index (χ0n) is 15.8. The SMILES string of the molecule is CCOC(=O)CSCCCCCCCCCCC(=O)N1CCOCC1. The third-order valence-corrected chi connectivity index (χ3v) is 5.34. The second-order valence-electron chi connectivity index (χ2n) is 6.43. The number of thioether (sulfide) groups is 1. The highest BCUT2D eigenvalue weighted by molar-refractivity contribution is 7.99. The molecule has 6 heteroatoms.